The molecule has 0 heterocycles. The van der Waals surface area contributed by atoms with E-state index in [-0.39, 0.29) is 30.3 Å². The SMILES string of the molecule is Cc1cccc(C(C(=O)NC(C)C)N(C(=O)C(Cc2ccccc2)NC(=O)OC(C)(C)C)C2CC2)c1C. The van der Waals surface area contributed by atoms with Gasteiger partial charge in [-0.1, -0.05) is 48.5 Å². The maximum absolute atomic E-state index is 14.3. The molecule has 0 spiro atoms. The number of nitrogens with one attached hydrogen (secondary N) is 2. The van der Waals surface area contributed by atoms with Gasteiger partial charge < -0.3 is 20.3 Å². The molecular formula is C30H41N3O4. The molecule has 2 unspecified atom stereocenters. The molecule has 0 aliphatic heterocycles. The normalized spacial score (nSPS) is 15.0. The number of ether oxygens (including phenoxy) is 1. The molecule has 37 heavy (non-hydrogen) atoms. The smallest absolute Gasteiger partial charge is 0.408 e. The van der Waals surface area contributed by atoms with E-state index in [0.717, 1.165) is 35.1 Å². The van der Waals surface area contributed by atoms with E-state index in [2.05, 4.69) is 10.6 Å². The van der Waals surface area contributed by atoms with Gasteiger partial charge in [0.2, 0.25) is 11.8 Å². The van der Waals surface area contributed by atoms with Crippen LogP contribution < -0.4 is 10.6 Å². The zero-order valence-corrected chi connectivity index (χ0v) is 23.1. The summed E-state index contributed by atoms with van der Waals surface area (Å²) in [6.07, 6.45) is 1.25. The van der Waals surface area contributed by atoms with Crippen molar-refractivity contribution >= 4 is 17.9 Å². The summed E-state index contributed by atoms with van der Waals surface area (Å²) in [4.78, 5) is 42.5. The summed E-state index contributed by atoms with van der Waals surface area (Å²) in [5, 5.41) is 5.83. The van der Waals surface area contributed by atoms with Gasteiger partial charge in [-0.25, -0.2) is 4.79 Å². The average Bonchev–Trinajstić information content (AvgIpc) is 3.63. The third kappa shape index (κ3) is 7.81. The van der Waals surface area contributed by atoms with Crippen LogP contribution in [-0.2, 0) is 20.7 Å². The first-order valence-electron chi connectivity index (χ1n) is 13.1. The fourth-order valence-corrected chi connectivity index (χ4v) is 4.40. The van der Waals surface area contributed by atoms with Crippen molar-refractivity contribution in [2.24, 2.45) is 0 Å². The van der Waals surface area contributed by atoms with E-state index in [1.165, 1.54) is 0 Å². The number of benzene rings is 2. The van der Waals surface area contributed by atoms with Gasteiger partial charge in [0.25, 0.3) is 0 Å². The summed E-state index contributed by atoms with van der Waals surface area (Å²) in [5.41, 5.74) is 3.02. The van der Waals surface area contributed by atoms with E-state index in [9.17, 15) is 14.4 Å². The van der Waals surface area contributed by atoms with Gasteiger partial charge in [-0.15, -0.1) is 0 Å². The Morgan fingerprint density at radius 2 is 1.62 bits per heavy atom. The van der Waals surface area contributed by atoms with Crippen LogP contribution in [-0.4, -0.2) is 46.5 Å². The summed E-state index contributed by atoms with van der Waals surface area (Å²) in [6.45, 7) is 13.1. The highest BCUT2D eigenvalue weighted by molar-refractivity contribution is 5.93. The lowest BCUT2D eigenvalue weighted by atomic mass is 9.94. The van der Waals surface area contributed by atoms with Crippen LogP contribution in [0.15, 0.2) is 48.5 Å². The molecule has 2 atom stereocenters. The van der Waals surface area contributed by atoms with Crippen LogP contribution in [0.1, 0.15) is 75.8 Å². The van der Waals surface area contributed by atoms with E-state index in [0.29, 0.717) is 0 Å². The van der Waals surface area contributed by atoms with E-state index in [4.69, 9.17) is 4.74 Å². The summed E-state index contributed by atoms with van der Waals surface area (Å²) < 4.78 is 5.49. The van der Waals surface area contributed by atoms with Gasteiger partial charge in [0.05, 0.1) is 0 Å². The molecule has 3 rings (SSSR count). The highest BCUT2D eigenvalue weighted by Gasteiger charge is 2.44. The van der Waals surface area contributed by atoms with Gasteiger partial charge in [-0.05, 0) is 83.6 Å². The molecule has 1 aliphatic rings. The fourth-order valence-electron chi connectivity index (χ4n) is 4.40. The van der Waals surface area contributed by atoms with Crippen molar-refractivity contribution < 1.29 is 19.1 Å². The molecule has 0 bridgehead atoms. The molecule has 1 aliphatic carbocycles. The molecular weight excluding hydrogens is 466 g/mol. The number of rotatable bonds is 9. The molecule has 3 amide bonds. The van der Waals surface area contributed by atoms with Crippen LogP contribution in [0.5, 0.6) is 0 Å². The van der Waals surface area contributed by atoms with Crippen molar-refractivity contribution in [2.45, 2.75) is 97.5 Å². The van der Waals surface area contributed by atoms with Crippen molar-refractivity contribution in [1.29, 1.82) is 0 Å². The maximum atomic E-state index is 14.3. The van der Waals surface area contributed by atoms with Crippen LogP contribution in [0.3, 0.4) is 0 Å². The molecule has 1 saturated carbocycles. The predicted molar refractivity (Wildman–Crippen MR) is 145 cm³/mol. The number of nitrogens with zero attached hydrogens (tertiary/aromatic N) is 1. The van der Waals surface area contributed by atoms with Crippen LogP contribution in [0.4, 0.5) is 4.79 Å². The Labute approximate surface area is 221 Å². The molecule has 2 aromatic carbocycles. The number of amides is 3. The van der Waals surface area contributed by atoms with Gasteiger partial charge in [0.15, 0.2) is 0 Å². The molecule has 200 valence electrons. The molecule has 1 fully saturated rings. The van der Waals surface area contributed by atoms with Crippen molar-refractivity contribution in [3.63, 3.8) is 0 Å². The average molecular weight is 508 g/mol. The standard InChI is InChI=1S/C30H41N3O4/c1-19(2)31-27(34)26(24-15-11-12-20(3)21(24)4)33(23-16-17-23)28(35)25(18-22-13-9-8-10-14-22)32-29(36)37-30(5,6)7/h8-15,19,23,25-26H,16-18H2,1-7H3,(H,31,34)(H,32,36). The minimum Gasteiger partial charge on any atom is -0.444 e. The van der Waals surface area contributed by atoms with E-state index < -0.39 is 23.8 Å². The van der Waals surface area contributed by atoms with Crippen molar-refractivity contribution in [1.82, 2.24) is 15.5 Å². The van der Waals surface area contributed by atoms with Crippen molar-refractivity contribution in [3.05, 3.63) is 70.8 Å². The van der Waals surface area contributed by atoms with E-state index >= 15 is 0 Å². The Morgan fingerprint density at radius 3 is 2.19 bits per heavy atom. The quantitative estimate of drug-likeness (QED) is 0.500. The number of hydrogen-bond acceptors (Lipinski definition) is 4. The Balaban J connectivity index is 2.04. The first-order valence-corrected chi connectivity index (χ1v) is 13.1. The monoisotopic (exact) mass is 507 g/mol. The lowest BCUT2D eigenvalue weighted by Crippen LogP contribution is -2.55. The number of carbonyl (C=O) groups excluding carboxylic acids is 3. The van der Waals surface area contributed by atoms with Crippen LogP contribution in [0, 0.1) is 13.8 Å². The Hall–Kier alpha value is -3.35. The zero-order valence-electron chi connectivity index (χ0n) is 23.1. The second kappa shape index (κ2) is 11.8. The van der Waals surface area contributed by atoms with Crippen LogP contribution >= 0.6 is 0 Å². The van der Waals surface area contributed by atoms with Gasteiger partial charge in [0, 0.05) is 18.5 Å². The second-order valence-electron chi connectivity index (χ2n) is 11.2. The molecule has 0 saturated heterocycles. The number of hydrogen-bond donors (Lipinski definition) is 2. The largest absolute Gasteiger partial charge is 0.444 e. The molecule has 7 nitrogen and oxygen atoms in total. The zero-order chi connectivity index (χ0) is 27.3. The summed E-state index contributed by atoms with van der Waals surface area (Å²) in [6, 6.07) is 13.5. The molecule has 7 heteroatoms. The number of aryl methyl sites for hydroxylation is 1. The van der Waals surface area contributed by atoms with E-state index in [1.54, 1.807) is 25.7 Å². The summed E-state index contributed by atoms with van der Waals surface area (Å²) in [7, 11) is 0. The van der Waals surface area contributed by atoms with Gasteiger partial charge in [-0.2, -0.15) is 0 Å². The van der Waals surface area contributed by atoms with Gasteiger partial charge in [-0.3, -0.25) is 9.59 Å². The third-order valence-electron chi connectivity index (χ3n) is 6.37. The maximum Gasteiger partial charge on any atom is 0.408 e. The van der Waals surface area contributed by atoms with Gasteiger partial charge >= 0.3 is 6.09 Å². The molecule has 2 N–H and O–H groups in total. The summed E-state index contributed by atoms with van der Waals surface area (Å²) in [5.74, 6) is -0.512. The Morgan fingerprint density at radius 1 is 0.973 bits per heavy atom. The topological polar surface area (TPSA) is 87.7 Å². The number of carbonyl (C=O) groups is 3. The van der Waals surface area contributed by atoms with Crippen molar-refractivity contribution in [3.8, 4) is 0 Å². The van der Waals surface area contributed by atoms with Crippen molar-refractivity contribution in [2.75, 3.05) is 0 Å². The minimum atomic E-state index is -0.891. The molecule has 0 radical (unpaired) electrons. The Bertz CT molecular complexity index is 1100. The predicted octanol–water partition coefficient (Wildman–Crippen LogP) is 5.00. The fraction of sp³-hybridized carbons (Fsp3) is 0.500. The second-order valence-corrected chi connectivity index (χ2v) is 11.2. The Kier molecular flexibility index (Phi) is 9.00. The van der Waals surface area contributed by atoms with Gasteiger partial charge in [0.1, 0.15) is 17.7 Å². The molecule has 2 aromatic rings. The van der Waals surface area contributed by atoms with Crippen LogP contribution in [0.2, 0.25) is 0 Å². The van der Waals surface area contributed by atoms with Crippen LogP contribution in [0.25, 0.3) is 0 Å². The number of alkyl carbamates (subject to hydrolysis) is 1. The first-order chi connectivity index (χ1) is 17.4. The lowest BCUT2D eigenvalue weighted by molar-refractivity contribution is -0.143. The highest BCUT2D eigenvalue weighted by Crippen LogP contribution is 2.37. The highest BCUT2D eigenvalue weighted by atomic mass is 16.6. The minimum absolute atomic E-state index is 0.0750. The molecule has 0 aromatic heterocycles. The van der Waals surface area contributed by atoms with E-state index in [1.807, 2.05) is 76.2 Å². The third-order valence-corrected chi connectivity index (χ3v) is 6.37. The lowest BCUT2D eigenvalue weighted by Gasteiger charge is -2.36. The summed E-state index contributed by atoms with van der Waals surface area (Å²) >= 11 is 0. The first kappa shape index (κ1) is 28.2.